The molecule has 0 aliphatic heterocycles. The molecule has 0 saturated carbocycles. The van der Waals surface area contributed by atoms with Crippen molar-refractivity contribution < 1.29 is 4.79 Å². The minimum absolute atomic E-state index is 0.0917. The Kier molecular flexibility index (Phi) is 6.59. The van der Waals surface area contributed by atoms with Gasteiger partial charge in [-0.15, -0.1) is 0 Å². The average Bonchev–Trinajstić information content (AvgIpc) is 3.03. The summed E-state index contributed by atoms with van der Waals surface area (Å²) in [5.41, 5.74) is 2.96. The number of benzene rings is 1. The lowest BCUT2D eigenvalue weighted by Crippen LogP contribution is -2.35. The van der Waals surface area contributed by atoms with Crippen LogP contribution in [0.1, 0.15) is 61.8 Å². The van der Waals surface area contributed by atoms with Gasteiger partial charge in [-0.3, -0.25) is 9.48 Å². The fraction of sp³-hybridized carbons (Fsp3) is 0.500. The van der Waals surface area contributed by atoms with Crippen molar-refractivity contribution >= 4 is 5.91 Å². The number of aromatic nitrogens is 2. The lowest BCUT2D eigenvalue weighted by atomic mass is 10.1. The summed E-state index contributed by atoms with van der Waals surface area (Å²) in [6.07, 6.45) is 1.84. The number of amides is 1. The van der Waals surface area contributed by atoms with Crippen molar-refractivity contribution in [3.8, 4) is 0 Å². The van der Waals surface area contributed by atoms with Gasteiger partial charge in [-0.1, -0.05) is 51.1 Å². The topological polar surface area (TPSA) is 38.1 Å². The maximum atomic E-state index is 13.0. The molecule has 4 heteroatoms. The van der Waals surface area contributed by atoms with Gasteiger partial charge in [0.2, 0.25) is 0 Å². The number of hydrogen-bond acceptors (Lipinski definition) is 2. The molecule has 2 rings (SSSR count). The molecule has 1 aromatic heterocycles. The number of nitrogens with zero attached hydrogens (tertiary/aromatic N) is 3. The minimum Gasteiger partial charge on any atom is -0.337 e. The van der Waals surface area contributed by atoms with Gasteiger partial charge in [0, 0.05) is 19.6 Å². The molecule has 0 radical (unpaired) electrons. The van der Waals surface area contributed by atoms with E-state index in [-0.39, 0.29) is 5.91 Å². The lowest BCUT2D eigenvalue weighted by molar-refractivity contribution is 0.0745. The molecule has 130 valence electrons. The largest absolute Gasteiger partial charge is 0.337 e. The van der Waals surface area contributed by atoms with Crippen molar-refractivity contribution in [2.75, 3.05) is 13.1 Å². The van der Waals surface area contributed by atoms with E-state index >= 15 is 0 Å². The molecule has 1 aromatic carbocycles. The number of carbonyl (C=O) groups excluding carboxylic acids is 1. The van der Waals surface area contributed by atoms with Crippen molar-refractivity contribution in [2.24, 2.45) is 0 Å². The zero-order valence-electron chi connectivity index (χ0n) is 15.3. The Morgan fingerprint density at radius 3 is 2.46 bits per heavy atom. The number of carbonyl (C=O) groups is 1. The first-order valence-electron chi connectivity index (χ1n) is 8.97. The van der Waals surface area contributed by atoms with Gasteiger partial charge in [-0.05, 0) is 37.3 Å². The summed E-state index contributed by atoms with van der Waals surface area (Å²) in [6, 6.07) is 12.3. The summed E-state index contributed by atoms with van der Waals surface area (Å²) in [7, 11) is 0. The van der Waals surface area contributed by atoms with Gasteiger partial charge in [-0.25, -0.2) is 0 Å². The van der Waals surface area contributed by atoms with Crippen LogP contribution in [-0.2, 0) is 13.0 Å². The highest BCUT2D eigenvalue weighted by Crippen LogP contribution is 2.16. The fourth-order valence-electron chi connectivity index (χ4n) is 2.79. The maximum Gasteiger partial charge on any atom is 0.272 e. The van der Waals surface area contributed by atoms with Crippen LogP contribution < -0.4 is 0 Å². The Bertz CT molecular complexity index is 646. The molecule has 0 unspecified atom stereocenters. The molecule has 24 heavy (non-hydrogen) atoms. The molecule has 0 spiro atoms. The Labute approximate surface area is 145 Å². The summed E-state index contributed by atoms with van der Waals surface area (Å²) in [5.74, 6) is 0.419. The van der Waals surface area contributed by atoms with Gasteiger partial charge in [-0.2, -0.15) is 5.10 Å². The first-order valence-corrected chi connectivity index (χ1v) is 8.97. The van der Waals surface area contributed by atoms with Crippen molar-refractivity contribution in [1.82, 2.24) is 14.7 Å². The molecule has 4 nitrogen and oxygen atoms in total. The second-order valence-electron chi connectivity index (χ2n) is 6.45. The quantitative estimate of drug-likeness (QED) is 0.731. The number of rotatable bonds is 8. The number of hydrogen-bond donors (Lipinski definition) is 0. The molecule has 0 atom stereocenters. The van der Waals surface area contributed by atoms with Crippen LogP contribution in [0.2, 0.25) is 0 Å². The van der Waals surface area contributed by atoms with E-state index in [0.29, 0.717) is 18.2 Å². The Hall–Kier alpha value is -2.10. The van der Waals surface area contributed by atoms with Crippen LogP contribution in [-0.4, -0.2) is 33.7 Å². The molecular formula is C20H29N3O. The van der Waals surface area contributed by atoms with E-state index < -0.39 is 0 Å². The third kappa shape index (κ3) is 4.47. The summed E-state index contributed by atoms with van der Waals surface area (Å²) >= 11 is 0. The van der Waals surface area contributed by atoms with Crippen LogP contribution in [0.25, 0.3) is 0 Å². The summed E-state index contributed by atoms with van der Waals surface area (Å²) in [4.78, 5) is 15.0. The molecule has 1 heterocycles. The van der Waals surface area contributed by atoms with Gasteiger partial charge in [0.25, 0.3) is 5.91 Å². The van der Waals surface area contributed by atoms with Gasteiger partial charge in [0.1, 0.15) is 5.69 Å². The van der Waals surface area contributed by atoms with Crippen molar-refractivity contribution in [3.63, 3.8) is 0 Å². The minimum atomic E-state index is 0.0917. The van der Waals surface area contributed by atoms with Gasteiger partial charge in [0.05, 0.1) is 5.69 Å². The molecule has 0 N–H and O–H groups in total. The van der Waals surface area contributed by atoms with Crippen molar-refractivity contribution in [1.29, 1.82) is 0 Å². The molecular weight excluding hydrogens is 298 g/mol. The smallest absolute Gasteiger partial charge is 0.272 e. The molecule has 0 bridgehead atoms. The molecule has 0 aliphatic carbocycles. The zero-order chi connectivity index (χ0) is 17.5. The Morgan fingerprint density at radius 1 is 1.17 bits per heavy atom. The molecule has 2 aromatic rings. The number of aryl methyl sites for hydroxylation is 1. The predicted octanol–water partition coefficient (Wildman–Crippen LogP) is 4.12. The average molecular weight is 327 g/mol. The van der Waals surface area contributed by atoms with Crippen LogP contribution in [0.15, 0.2) is 36.4 Å². The molecule has 1 amide bonds. The second-order valence-corrected chi connectivity index (χ2v) is 6.45. The highest BCUT2D eigenvalue weighted by molar-refractivity contribution is 5.92. The zero-order valence-corrected chi connectivity index (χ0v) is 15.3. The Morgan fingerprint density at radius 2 is 1.88 bits per heavy atom. The van der Waals surface area contributed by atoms with Crippen molar-refractivity contribution in [3.05, 3.63) is 53.3 Å². The SMILES string of the molecule is CCCN(CCc1ccccc1)C(=O)c1cc(C(C)C)nn1CC. The van der Waals surface area contributed by atoms with Gasteiger partial charge in [0.15, 0.2) is 0 Å². The monoisotopic (exact) mass is 327 g/mol. The van der Waals surface area contributed by atoms with E-state index in [2.05, 4.69) is 38.0 Å². The van der Waals surface area contributed by atoms with E-state index in [1.807, 2.05) is 40.8 Å². The van der Waals surface area contributed by atoms with E-state index in [1.54, 1.807) is 0 Å². The van der Waals surface area contributed by atoms with Crippen LogP contribution in [0, 0.1) is 0 Å². The van der Waals surface area contributed by atoms with Crippen LogP contribution in [0.5, 0.6) is 0 Å². The van der Waals surface area contributed by atoms with Gasteiger partial charge < -0.3 is 4.90 Å². The van der Waals surface area contributed by atoms with E-state index in [1.165, 1.54) is 5.56 Å². The summed E-state index contributed by atoms with van der Waals surface area (Å²) < 4.78 is 1.84. The Balaban J connectivity index is 2.16. The van der Waals surface area contributed by atoms with Crippen LogP contribution >= 0.6 is 0 Å². The third-order valence-electron chi connectivity index (χ3n) is 4.20. The molecule has 0 fully saturated rings. The maximum absolute atomic E-state index is 13.0. The molecule has 0 aliphatic rings. The standard InChI is InChI=1S/C20H29N3O/c1-5-13-22(14-12-17-10-8-7-9-11-17)20(24)19-15-18(16(3)4)21-23(19)6-2/h7-11,15-16H,5-6,12-14H2,1-4H3. The first kappa shape index (κ1) is 18.2. The van der Waals surface area contributed by atoms with E-state index in [4.69, 9.17) is 0 Å². The normalized spacial score (nSPS) is 11.0. The summed E-state index contributed by atoms with van der Waals surface area (Å²) in [6.45, 7) is 10.6. The van der Waals surface area contributed by atoms with Gasteiger partial charge >= 0.3 is 0 Å². The summed E-state index contributed by atoms with van der Waals surface area (Å²) in [5, 5.41) is 4.58. The highest BCUT2D eigenvalue weighted by atomic mass is 16.2. The van der Waals surface area contributed by atoms with E-state index in [9.17, 15) is 4.79 Å². The second kappa shape index (κ2) is 8.67. The van der Waals surface area contributed by atoms with Crippen LogP contribution in [0.4, 0.5) is 0 Å². The molecule has 0 saturated heterocycles. The lowest BCUT2D eigenvalue weighted by Gasteiger charge is -2.22. The first-order chi connectivity index (χ1) is 11.6. The third-order valence-corrected chi connectivity index (χ3v) is 4.20. The van der Waals surface area contributed by atoms with Crippen LogP contribution in [0.3, 0.4) is 0 Å². The fourth-order valence-corrected chi connectivity index (χ4v) is 2.79. The van der Waals surface area contributed by atoms with E-state index in [0.717, 1.165) is 31.6 Å². The van der Waals surface area contributed by atoms with Crippen molar-refractivity contribution in [2.45, 2.75) is 53.0 Å². The predicted molar refractivity (Wildman–Crippen MR) is 98.3 cm³/mol. The highest BCUT2D eigenvalue weighted by Gasteiger charge is 2.21.